The van der Waals surface area contributed by atoms with Gasteiger partial charge >= 0.3 is 6.18 Å². The first-order valence-corrected chi connectivity index (χ1v) is 7.51. The molecule has 1 aliphatic heterocycles. The van der Waals surface area contributed by atoms with E-state index >= 15 is 0 Å². The molecule has 0 aliphatic carbocycles. The second kappa shape index (κ2) is 6.44. The van der Waals surface area contributed by atoms with E-state index in [0.717, 1.165) is 11.3 Å². The lowest BCUT2D eigenvalue weighted by Gasteiger charge is -2.35. The summed E-state index contributed by atoms with van der Waals surface area (Å²) in [6, 6.07) is 5.53. The Morgan fingerprint density at radius 1 is 1.33 bits per heavy atom. The lowest BCUT2D eigenvalue weighted by molar-refractivity contribution is -0.179. The van der Waals surface area contributed by atoms with Gasteiger partial charge in [-0.25, -0.2) is 0 Å². The Morgan fingerprint density at radius 3 is 2.48 bits per heavy atom. The van der Waals surface area contributed by atoms with Crippen molar-refractivity contribution in [2.75, 3.05) is 18.0 Å². The van der Waals surface area contributed by atoms with E-state index in [0.29, 0.717) is 24.5 Å². The number of alkyl halides is 3. The van der Waals surface area contributed by atoms with E-state index in [2.05, 4.69) is 0 Å². The minimum atomic E-state index is -4.09. The van der Waals surface area contributed by atoms with Crippen LogP contribution >= 0.6 is 11.6 Å². The van der Waals surface area contributed by atoms with Gasteiger partial charge in [-0.15, -0.1) is 0 Å². The summed E-state index contributed by atoms with van der Waals surface area (Å²) in [6.07, 6.45) is -3.14. The minimum Gasteiger partial charge on any atom is -0.371 e. The summed E-state index contributed by atoms with van der Waals surface area (Å²) in [5.41, 5.74) is 7.80. The Bertz CT molecular complexity index is 480. The normalized spacial score (nSPS) is 18.9. The van der Waals surface area contributed by atoms with Crippen molar-refractivity contribution < 1.29 is 13.2 Å². The Labute approximate surface area is 128 Å². The van der Waals surface area contributed by atoms with E-state index in [1.807, 2.05) is 24.0 Å². The van der Waals surface area contributed by atoms with Crippen molar-refractivity contribution >= 4 is 17.3 Å². The number of halogens is 4. The molecule has 2 rings (SSSR count). The third-order valence-corrected chi connectivity index (χ3v) is 4.12. The number of nitrogens with two attached hydrogens (primary N) is 1. The van der Waals surface area contributed by atoms with Gasteiger partial charge in [0.1, 0.15) is 0 Å². The van der Waals surface area contributed by atoms with Gasteiger partial charge in [-0.05, 0) is 43.9 Å². The highest BCUT2D eigenvalue weighted by atomic mass is 35.5. The molecule has 6 heteroatoms. The molecule has 1 fully saturated rings. The molecule has 1 aromatic carbocycles. The molecule has 0 bridgehead atoms. The van der Waals surface area contributed by atoms with Crippen LogP contribution in [0.1, 0.15) is 25.3 Å². The maximum Gasteiger partial charge on any atom is 0.391 e. The van der Waals surface area contributed by atoms with Gasteiger partial charge < -0.3 is 10.6 Å². The summed E-state index contributed by atoms with van der Waals surface area (Å²) in [4.78, 5) is 1.99. The molecule has 2 N–H and O–H groups in total. The summed E-state index contributed by atoms with van der Waals surface area (Å²) in [5, 5.41) is 0.594. The first kappa shape index (κ1) is 16.4. The molecular weight excluding hydrogens is 301 g/mol. The summed E-state index contributed by atoms with van der Waals surface area (Å²) in [6.45, 7) is 2.71. The highest BCUT2D eigenvalue weighted by Crippen LogP contribution is 2.36. The monoisotopic (exact) mass is 320 g/mol. The van der Waals surface area contributed by atoms with Crippen molar-refractivity contribution in [1.29, 1.82) is 0 Å². The zero-order valence-electron chi connectivity index (χ0n) is 12.0. The molecule has 1 saturated heterocycles. The average Bonchev–Trinajstić information content (AvgIpc) is 2.39. The molecule has 0 spiro atoms. The molecule has 1 heterocycles. The highest BCUT2D eigenvalue weighted by Gasteiger charge is 2.41. The van der Waals surface area contributed by atoms with E-state index in [1.54, 1.807) is 6.07 Å². The number of anilines is 1. The van der Waals surface area contributed by atoms with Gasteiger partial charge in [-0.2, -0.15) is 13.2 Å². The van der Waals surface area contributed by atoms with Crippen molar-refractivity contribution in [3.63, 3.8) is 0 Å². The lowest BCUT2D eigenvalue weighted by atomic mass is 9.95. The molecule has 21 heavy (non-hydrogen) atoms. The molecular formula is C15H20ClF3N2. The lowest BCUT2D eigenvalue weighted by Crippen LogP contribution is -2.39. The average molecular weight is 321 g/mol. The Morgan fingerprint density at radius 2 is 1.95 bits per heavy atom. The van der Waals surface area contributed by atoms with Crippen molar-refractivity contribution in [2.45, 2.75) is 38.4 Å². The third kappa shape index (κ3) is 4.27. The van der Waals surface area contributed by atoms with Crippen molar-refractivity contribution in [3.8, 4) is 0 Å². The van der Waals surface area contributed by atoms with Crippen LogP contribution in [-0.4, -0.2) is 25.3 Å². The maximum atomic E-state index is 12.7. The van der Waals surface area contributed by atoms with Crippen LogP contribution in [0, 0.1) is 5.92 Å². The quantitative estimate of drug-likeness (QED) is 0.912. The second-order valence-corrected chi connectivity index (χ2v) is 6.19. The SMILES string of the molecule is CC(N)Cc1ccc(Cl)cc1N1CCC(C(F)(F)F)CC1. The Balaban J connectivity index is 2.14. The fraction of sp³-hybridized carbons (Fsp3) is 0.600. The Hall–Kier alpha value is -0.940. The first-order chi connectivity index (χ1) is 9.77. The molecule has 1 aliphatic rings. The largest absolute Gasteiger partial charge is 0.391 e. The van der Waals surface area contributed by atoms with Crippen LogP contribution in [0.4, 0.5) is 18.9 Å². The van der Waals surface area contributed by atoms with Crippen LogP contribution in [0.15, 0.2) is 18.2 Å². The standard InChI is InChI=1S/C15H20ClF3N2/c1-10(20)8-11-2-3-13(16)9-14(11)21-6-4-12(5-7-21)15(17,18)19/h2-3,9-10,12H,4-8,20H2,1H3. The topological polar surface area (TPSA) is 29.3 Å². The predicted octanol–water partition coefficient (Wildman–Crippen LogP) is 4.01. The zero-order chi connectivity index (χ0) is 15.6. The molecule has 0 aromatic heterocycles. The number of piperidine rings is 1. The second-order valence-electron chi connectivity index (χ2n) is 5.76. The summed E-state index contributed by atoms with van der Waals surface area (Å²) >= 11 is 6.04. The van der Waals surface area contributed by atoms with Crippen LogP contribution < -0.4 is 10.6 Å². The molecule has 1 aromatic rings. The van der Waals surface area contributed by atoms with E-state index in [4.69, 9.17) is 17.3 Å². The first-order valence-electron chi connectivity index (χ1n) is 7.13. The molecule has 1 atom stereocenters. The van der Waals surface area contributed by atoms with E-state index in [9.17, 15) is 13.2 Å². The van der Waals surface area contributed by atoms with Gasteiger partial charge in [0.2, 0.25) is 0 Å². The van der Waals surface area contributed by atoms with E-state index in [-0.39, 0.29) is 18.9 Å². The fourth-order valence-corrected chi connectivity index (χ4v) is 2.96. The molecule has 2 nitrogen and oxygen atoms in total. The smallest absolute Gasteiger partial charge is 0.371 e. The van der Waals surface area contributed by atoms with Crippen LogP contribution in [0.3, 0.4) is 0 Å². The number of rotatable bonds is 3. The van der Waals surface area contributed by atoms with E-state index < -0.39 is 12.1 Å². The van der Waals surface area contributed by atoms with Gasteiger partial charge in [0.25, 0.3) is 0 Å². The van der Waals surface area contributed by atoms with Crippen LogP contribution in [0.2, 0.25) is 5.02 Å². The van der Waals surface area contributed by atoms with Crippen LogP contribution in [-0.2, 0) is 6.42 Å². The number of nitrogens with zero attached hydrogens (tertiary/aromatic N) is 1. The van der Waals surface area contributed by atoms with Gasteiger partial charge in [0.05, 0.1) is 5.92 Å². The number of benzene rings is 1. The van der Waals surface area contributed by atoms with Crippen LogP contribution in [0.5, 0.6) is 0 Å². The number of hydrogen-bond acceptors (Lipinski definition) is 2. The highest BCUT2D eigenvalue weighted by molar-refractivity contribution is 6.30. The van der Waals surface area contributed by atoms with Crippen molar-refractivity contribution in [1.82, 2.24) is 0 Å². The summed E-state index contributed by atoms with van der Waals surface area (Å²) in [7, 11) is 0. The predicted molar refractivity (Wildman–Crippen MR) is 79.8 cm³/mol. The van der Waals surface area contributed by atoms with Gasteiger partial charge in [0.15, 0.2) is 0 Å². The van der Waals surface area contributed by atoms with Crippen LogP contribution in [0.25, 0.3) is 0 Å². The summed E-state index contributed by atoms with van der Waals surface area (Å²) in [5.74, 6) is -1.19. The van der Waals surface area contributed by atoms with Crippen molar-refractivity contribution in [3.05, 3.63) is 28.8 Å². The van der Waals surface area contributed by atoms with Gasteiger partial charge in [-0.3, -0.25) is 0 Å². The molecule has 118 valence electrons. The zero-order valence-corrected chi connectivity index (χ0v) is 12.7. The number of hydrogen-bond donors (Lipinski definition) is 1. The van der Waals surface area contributed by atoms with Gasteiger partial charge in [0, 0.05) is 29.8 Å². The molecule has 0 radical (unpaired) electrons. The van der Waals surface area contributed by atoms with Crippen molar-refractivity contribution in [2.24, 2.45) is 11.7 Å². The molecule has 0 amide bonds. The molecule has 1 unspecified atom stereocenters. The van der Waals surface area contributed by atoms with Gasteiger partial charge in [-0.1, -0.05) is 17.7 Å². The third-order valence-electron chi connectivity index (χ3n) is 3.89. The maximum absolute atomic E-state index is 12.7. The Kier molecular flexibility index (Phi) is 5.04. The van der Waals surface area contributed by atoms with E-state index in [1.165, 1.54) is 0 Å². The molecule has 0 saturated carbocycles. The minimum absolute atomic E-state index is 0.00219. The fourth-order valence-electron chi connectivity index (χ4n) is 2.80. The summed E-state index contributed by atoms with van der Waals surface area (Å²) < 4.78 is 38.2.